The fraction of sp³-hybridized carbons (Fsp3) is 0.588. The van der Waals surface area contributed by atoms with Gasteiger partial charge >= 0.3 is 0 Å². The van der Waals surface area contributed by atoms with Crippen molar-refractivity contribution in [1.29, 1.82) is 0 Å². The summed E-state index contributed by atoms with van der Waals surface area (Å²) < 4.78 is 6.69. The van der Waals surface area contributed by atoms with Crippen LogP contribution in [0, 0.1) is 0 Å². The fourth-order valence-electron chi connectivity index (χ4n) is 3.42. The molecule has 0 spiro atoms. The molecular weight excluding hydrogens is 344 g/mol. The summed E-state index contributed by atoms with van der Waals surface area (Å²) in [6.07, 6.45) is 0.908. The lowest BCUT2D eigenvalue weighted by Gasteiger charge is -2.42. The van der Waals surface area contributed by atoms with Gasteiger partial charge in [0.15, 0.2) is 0 Å². The molecule has 0 heterocycles. The molecule has 0 aliphatic carbocycles. The number of carbonyl (C=O) groups is 1. The molecule has 0 fully saturated rings. The van der Waals surface area contributed by atoms with Crippen molar-refractivity contribution in [1.82, 2.24) is 0 Å². The van der Waals surface area contributed by atoms with Crippen molar-refractivity contribution in [2.75, 3.05) is 0 Å². The van der Waals surface area contributed by atoms with Crippen LogP contribution in [0.5, 0.6) is 5.75 Å². The number of rotatable bonds is 7. The van der Waals surface area contributed by atoms with Crippen molar-refractivity contribution in [2.24, 2.45) is 0 Å². The number of halogens is 1. The van der Waals surface area contributed by atoms with Gasteiger partial charge in [-0.3, -0.25) is 0 Å². The Morgan fingerprint density at radius 3 is 1.90 bits per heavy atom. The van der Waals surface area contributed by atoms with Crippen molar-refractivity contribution in [3.63, 3.8) is 0 Å². The van der Waals surface area contributed by atoms with E-state index in [2.05, 4.69) is 57.5 Å². The molecule has 2 nitrogen and oxygen atoms in total. The molecule has 0 aliphatic rings. The maximum absolute atomic E-state index is 11.1. The van der Waals surface area contributed by atoms with Gasteiger partial charge in [0.1, 0.15) is 12.0 Å². The second-order valence-corrected chi connectivity index (χ2v) is 12.9. The van der Waals surface area contributed by atoms with Gasteiger partial charge in [-0.25, -0.2) is 0 Å². The Balaban J connectivity index is 3.31. The third-order valence-corrected chi connectivity index (χ3v) is 11.0. The Bertz CT molecular complexity index is 450. The first kappa shape index (κ1) is 18.4. The lowest BCUT2D eigenvalue weighted by Crippen LogP contribution is -2.50. The topological polar surface area (TPSA) is 26.3 Å². The number of alkyl halides is 1. The van der Waals surface area contributed by atoms with E-state index >= 15 is 0 Å². The first-order chi connectivity index (χ1) is 9.77. The van der Waals surface area contributed by atoms with Crippen molar-refractivity contribution in [3.05, 3.63) is 29.8 Å². The number of para-hydroxylation sites is 1. The Kier molecular flexibility index (Phi) is 6.66. The highest BCUT2D eigenvalue weighted by molar-refractivity contribution is 9.09. The molecule has 1 atom stereocenters. The second-order valence-electron chi connectivity index (χ2n) is 6.50. The van der Waals surface area contributed by atoms with Gasteiger partial charge in [0.25, 0.3) is 8.32 Å². The van der Waals surface area contributed by atoms with E-state index in [0.29, 0.717) is 16.6 Å². The van der Waals surface area contributed by atoms with Crippen LogP contribution in [0.1, 0.15) is 51.9 Å². The highest BCUT2D eigenvalue weighted by atomic mass is 79.9. The van der Waals surface area contributed by atoms with E-state index in [4.69, 9.17) is 4.43 Å². The molecule has 118 valence electrons. The van der Waals surface area contributed by atoms with Crippen LogP contribution in [0.15, 0.2) is 24.3 Å². The molecule has 1 aromatic carbocycles. The van der Waals surface area contributed by atoms with Gasteiger partial charge in [-0.1, -0.05) is 75.7 Å². The SMILES string of the molecule is CC(C)[Si](Oc1ccccc1[C@H](Br)C=O)(C(C)C)C(C)C. The number of benzene rings is 1. The number of hydrogen-bond donors (Lipinski definition) is 0. The van der Waals surface area contributed by atoms with Gasteiger partial charge in [0.2, 0.25) is 0 Å². The van der Waals surface area contributed by atoms with Gasteiger partial charge < -0.3 is 9.22 Å². The van der Waals surface area contributed by atoms with Crippen molar-refractivity contribution in [3.8, 4) is 5.75 Å². The molecule has 0 N–H and O–H groups in total. The summed E-state index contributed by atoms with van der Waals surface area (Å²) in [5.74, 6) is 0.856. The van der Waals surface area contributed by atoms with Crippen LogP contribution in [0.4, 0.5) is 0 Å². The summed E-state index contributed by atoms with van der Waals surface area (Å²) in [5, 5.41) is 0. The molecular formula is C17H27BrO2Si. The minimum atomic E-state index is -2.00. The quantitative estimate of drug-likeness (QED) is 0.340. The number of carbonyl (C=O) groups excluding carboxylic acids is 1. The Hall–Kier alpha value is -0.613. The Morgan fingerprint density at radius 1 is 1.00 bits per heavy atom. The average Bonchev–Trinajstić information content (AvgIpc) is 2.43. The maximum Gasteiger partial charge on any atom is 0.258 e. The second kappa shape index (κ2) is 7.59. The third kappa shape index (κ3) is 3.78. The lowest BCUT2D eigenvalue weighted by molar-refractivity contribution is -0.107. The fourth-order valence-corrected chi connectivity index (χ4v) is 9.07. The summed E-state index contributed by atoms with van der Waals surface area (Å²) in [7, 11) is -2.00. The monoisotopic (exact) mass is 370 g/mol. The predicted molar refractivity (Wildman–Crippen MR) is 95.9 cm³/mol. The van der Waals surface area contributed by atoms with Crippen LogP contribution in [-0.4, -0.2) is 14.6 Å². The zero-order valence-electron chi connectivity index (χ0n) is 13.9. The first-order valence-electron chi connectivity index (χ1n) is 7.64. The lowest BCUT2D eigenvalue weighted by atomic mass is 10.1. The van der Waals surface area contributed by atoms with Gasteiger partial charge in [0.05, 0.1) is 4.83 Å². The van der Waals surface area contributed by atoms with E-state index < -0.39 is 8.32 Å². The summed E-state index contributed by atoms with van der Waals surface area (Å²) >= 11 is 3.42. The molecule has 1 rings (SSSR count). The van der Waals surface area contributed by atoms with Gasteiger partial charge in [-0.2, -0.15) is 0 Å². The number of aldehydes is 1. The van der Waals surface area contributed by atoms with E-state index in [1.807, 2.05) is 24.3 Å². The minimum absolute atomic E-state index is 0.313. The number of hydrogen-bond acceptors (Lipinski definition) is 2. The standard InChI is InChI=1S/C17H27BrO2Si/c1-12(2)21(13(3)4,14(5)6)20-17-10-8-7-9-15(17)16(18)11-19/h7-14,16H,1-6H3/t16-/m1/s1. The molecule has 0 saturated carbocycles. The van der Waals surface area contributed by atoms with Crippen LogP contribution < -0.4 is 4.43 Å². The largest absolute Gasteiger partial charge is 0.542 e. The van der Waals surface area contributed by atoms with E-state index in [1.165, 1.54) is 0 Å². The molecule has 21 heavy (non-hydrogen) atoms. The Labute approximate surface area is 138 Å². The van der Waals surface area contributed by atoms with Gasteiger partial charge in [-0.05, 0) is 22.7 Å². The molecule has 0 aliphatic heterocycles. The van der Waals surface area contributed by atoms with E-state index in [1.54, 1.807) is 0 Å². The third-order valence-electron chi connectivity index (χ3n) is 4.33. The summed E-state index contributed by atoms with van der Waals surface area (Å²) in [4.78, 5) is 10.8. The Morgan fingerprint density at radius 2 is 1.48 bits per heavy atom. The van der Waals surface area contributed by atoms with Crippen molar-refractivity contribution < 1.29 is 9.22 Å². The molecule has 1 aromatic rings. The molecule has 4 heteroatoms. The predicted octanol–water partition coefficient (Wildman–Crippen LogP) is 5.88. The summed E-state index contributed by atoms with van der Waals surface area (Å²) in [5.41, 5.74) is 2.45. The van der Waals surface area contributed by atoms with E-state index in [9.17, 15) is 4.79 Å². The molecule has 0 radical (unpaired) electrons. The molecule has 0 amide bonds. The van der Waals surface area contributed by atoms with Crippen LogP contribution >= 0.6 is 15.9 Å². The van der Waals surface area contributed by atoms with Gasteiger partial charge in [-0.15, -0.1) is 0 Å². The van der Waals surface area contributed by atoms with Crippen molar-refractivity contribution in [2.45, 2.75) is 63.0 Å². The molecule has 0 saturated heterocycles. The van der Waals surface area contributed by atoms with Crippen LogP contribution in [-0.2, 0) is 4.79 Å². The first-order valence-corrected chi connectivity index (χ1v) is 10.7. The maximum atomic E-state index is 11.1. The zero-order chi connectivity index (χ0) is 16.2. The highest BCUT2D eigenvalue weighted by Crippen LogP contribution is 2.44. The highest BCUT2D eigenvalue weighted by Gasteiger charge is 2.47. The zero-order valence-corrected chi connectivity index (χ0v) is 16.5. The summed E-state index contributed by atoms with van der Waals surface area (Å²) in [6, 6.07) is 7.87. The summed E-state index contributed by atoms with van der Waals surface area (Å²) in [6.45, 7) is 13.6. The molecule has 0 bridgehead atoms. The smallest absolute Gasteiger partial charge is 0.258 e. The average molecular weight is 371 g/mol. The minimum Gasteiger partial charge on any atom is -0.542 e. The van der Waals surface area contributed by atoms with Crippen LogP contribution in [0.3, 0.4) is 0 Å². The van der Waals surface area contributed by atoms with Crippen LogP contribution in [0.25, 0.3) is 0 Å². The normalized spacial score (nSPS) is 13.8. The van der Waals surface area contributed by atoms with Gasteiger partial charge in [0, 0.05) is 5.56 Å². The van der Waals surface area contributed by atoms with Crippen LogP contribution in [0.2, 0.25) is 16.6 Å². The molecule has 0 unspecified atom stereocenters. The van der Waals surface area contributed by atoms with Crippen molar-refractivity contribution >= 4 is 30.5 Å². The molecule has 0 aromatic heterocycles. The van der Waals surface area contributed by atoms with E-state index in [-0.39, 0.29) is 4.83 Å². The van der Waals surface area contributed by atoms with E-state index in [0.717, 1.165) is 17.6 Å².